The van der Waals surface area contributed by atoms with Gasteiger partial charge in [0.15, 0.2) is 5.82 Å². The number of fused-ring (bicyclic) bond motifs is 1. The van der Waals surface area contributed by atoms with Crippen molar-refractivity contribution in [1.29, 1.82) is 0 Å². The smallest absolute Gasteiger partial charge is 0.317 e. The second-order valence-electron chi connectivity index (χ2n) is 5.97. The third kappa shape index (κ3) is 1.96. The number of piperazine rings is 1. The van der Waals surface area contributed by atoms with Gasteiger partial charge in [-0.3, -0.25) is 4.90 Å². The molecule has 2 saturated heterocycles. The minimum atomic E-state index is 0.0658. The van der Waals surface area contributed by atoms with E-state index in [0.29, 0.717) is 11.8 Å². The van der Waals surface area contributed by atoms with Crippen LogP contribution in [-0.4, -0.2) is 58.2 Å². The fourth-order valence-electron chi connectivity index (χ4n) is 3.06. The van der Waals surface area contributed by atoms with E-state index >= 15 is 0 Å². The number of carbonyl (C=O) groups excluding carboxylic acids is 1. The van der Waals surface area contributed by atoms with E-state index < -0.39 is 0 Å². The fourth-order valence-corrected chi connectivity index (χ4v) is 3.06. The van der Waals surface area contributed by atoms with Gasteiger partial charge in [-0.05, 0) is 19.8 Å². The average Bonchev–Trinajstić information content (AvgIpc) is 3.09. The van der Waals surface area contributed by atoms with Gasteiger partial charge in [0.2, 0.25) is 5.89 Å². The molecular formula is C13H19N5O2. The van der Waals surface area contributed by atoms with E-state index in [9.17, 15) is 4.79 Å². The van der Waals surface area contributed by atoms with Gasteiger partial charge in [0.1, 0.15) is 0 Å². The first-order valence-electron chi connectivity index (χ1n) is 7.34. The van der Waals surface area contributed by atoms with Crippen molar-refractivity contribution in [2.24, 2.45) is 0 Å². The third-order valence-corrected chi connectivity index (χ3v) is 4.57. The van der Waals surface area contributed by atoms with Crippen LogP contribution in [-0.2, 0) is 0 Å². The van der Waals surface area contributed by atoms with Crippen LogP contribution in [0.25, 0.3) is 0 Å². The number of nitrogens with zero attached hydrogens (tertiary/aromatic N) is 4. The van der Waals surface area contributed by atoms with Crippen molar-refractivity contribution in [3.05, 3.63) is 11.7 Å². The molecular weight excluding hydrogens is 258 g/mol. The van der Waals surface area contributed by atoms with Crippen molar-refractivity contribution >= 4 is 6.03 Å². The van der Waals surface area contributed by atoms with Gasteiger partial charge in [-0.2, -0.15) is 4.98 Å². The van der Waals surface area contributed by atoms with Gasteiger partial charge in [0.05, 0.1) is 12.1 Å². The molecule has 2 atom stereocenters. The number of hydrogen-bond acceptors (Lipinski definition) is 5. The van der Waals surface area contributed by atoms with Crippen LogP contribution in [0, 0.1) is 0 Å². The van der Waals surface area contributed by atoms with Gasteiger partial charge in [0, 0.05) is 32.1 Å². The van der Waals surface area contributed by atoms with Gasteiger partial charge in [0.25, 0.3) is 0 Å². The summed E-state index contributed by atoms with van der Waals surface area (Å²) in [6.45, 7) is 5.32. The van der Waals surface area contributed by atoms with Crippen molar-refractivity contribution in [2.45, 2.75) is 37.8 Å². The second-order valence-corrected chi connectivity index (χ2v) is 5.97. The van der Waals surface area contributed by atoms with Crippen molar-refractivity contribution in [2.75, 3.05) is 26.2 Å². The maximum Gasteiger partial charge on any atom is 0.317 e. The van der Waals surface area contributed by atoms with Crippen molar-refractivity contribution < 1.29 is 9.32 Å². The predicted molar refractivity (Wildman–Crippen MR) is 70.2 cm³/mol. The van der Waals surface area contributed by atoms with Crippen LogP contribution in [0.3, 0.4) is 0 Å². The summed E-state index contributed by atoms with van der Waals surface area (Å²) in [5.41, 5.74) is 0. The van der Waals surface area contributed by atoms with Gasteiger partial charge in [-0.15, -0.1) is 0 Å². The monoisotopic (exact) mass is 277 g/mol. The molecule has 1 aromatic rings. The Morgan fingerprint density at radius 2 is 2.25 bits per heavy atom. The minimum absolute atomic E-state index is 0.0658. The predicted octanol–water partition coefficient (Wildman–Crippen LogP) is 0.717. The van der Waals surface area contributed by atoms with Gasteiger partial charge in [-0.25, -0.2) is 4.79 Å². The summed E-state index contributed by atoms with van der Waals surface area (Å²) in [5.74, 6) is 2.09. The Balaban J connectivity index is 1.45. The molecule has 3 fully saturated rings. The molecule has 3 heterocycles. The maximum atomic E-state index is 11.6. The highest BCUT2D eigenvalue weighted by Gasteiger charge is 2.38. The number of amides is 2. The third-order valence-electron chi connectivity index (χ3n) is 4.57. The summed E-state index contributed by atoms with van der Waals surface area (Å²) in [6, 6.07) is 0.452. The highest BCUT2D eigenvalue weighted by molar-refractivity contribution is 5.77. The summed E-state index contributed by atoms with van der Waals surface area (Å²) in [4.78, 5) is 20.4. The molecule has 108 valence electrons. The Morgan fingerprint density at radius 3 is 3.05 bits per heavy atom. The topological polar surface area (TPSA) is 74.5 Å². The van der Waals surface area contributed by atoms with E-state index in [2.05, 4.69) is 27.3 Å². The molecule has 0 aromatic carbocycles. The molecule has 0 radical (unpaired) electrons. The first-order chi connectivity index (χ1) is 9.72. The summed E-state index contributed by atoms with van der Waals surface area (Å²) in [6.07, 6.45) is 2.36. The number of nitrogens with one attached hydrogen (secondary N) is 1. The SMILES string of the molecule is C[C@H](c1nc(C2CC2)no1)N1CCN2C(=O)NC[C@@H]2C1. The molecule has 0 unspecified atom stereocenters. The molecule has 1 N–H and O–H groups in total. The summed E-state index contributed by atoms with van der Waals surface area (Å²) < 4.78 is 5.41. The largest absolute Gasteiger partial charge is 0.338 e. The van der Waals surface area contributed by atoms with Gasteiger partial charge < -0.3 is 14.7 Å². The van der Waals surface area contributed by atoms with Crippen molar-refractivity contribution in [3.8, 4) is 0 Å². The lowest BCUT2D eigenvalue weighted by atomic mass is 10.1. The average molecular weight is 277 g/mol. The molecule has 7 heteroatoms. The molecule has 7 nitrogen and oxygen atoms in total. The van der Waals surface area contributed by atoms with Crippen molar-refractivity contribution in [1.82, 2.24) is 25.3 Å². The lowest BCUT2D eigenvalue weighted by molar-refractivity contribution is 0.0812. The quantitative estimate of drug-likeness (QED) is 0.881. The van der Waals surface area contributed by atoms with E-state index in [1.807, 2.05) is 4.90 Å². The van der Waals surface area contributed by atoms with E-state index in [0.717, 1.165) is 32.0 Å². The zero-order chi connectivity index (χ0) is 13.7. The molecule has 3 aliphatic rings. The van der Waals surface area contributed by atoms with E-state index in [4.69, 9.17) is 4.52 Å². The molecule has 1 saturated carbocycles. The van der Waals surface area contributed by atoms with Crippen LogP contribution in [0.1, 0.15) is 43.4 Å². The van der Waals surface area contributed by atoms with Gasteiger partial charge >= 0.3 is 6.03 Å². The Hall–Kier alpha value is -1.63. The second kappa shape index (κ2) is 4.44. The number of carbonyl (C=O) groups is 1. The van der Waals surface area contributed by atoms with Crippen LogP contribution in [0.4, 0.5) is 4.79 Å². The first-order valence-corrected chi connectivity index (χ1v) is 7.34. The Morgan fingerprint density at radius 1 is 1.40 bits per heavy atom. The van der Waals surface area contributed by atoms with Crippen LogP contribution < -0.4 is 5.32 Å². The highest BCUT2D eigenvalue weighted by atomic mass is 16.5. The number of urea groups is 1. The number of aromatic nitrogens is 2. The van der Waals surface area contributed by atoms with Crippen LogP contribution in [0.2, 0.25) is 0 Å². The molecule has 0 spiro atoms. The maximum absolute atomic E-state index is 11.6. The number of hydrogen-bond donors (Lipinski definition) is 1. The van der Waals surface area contributed by atoms with Crippen molar-refractivity contribution in [3.63, 3.8) is 0 Å². The summed E-state index contributed by atoms with van der Waals surface area (Å²) >= 11 is 0. The Kier molecular flexibility index (Phi) is 2.70. The molecule has 20 heavy (non-hydrogen) atoms. The standard InChI is InChI=1S/C13H19N5O2/c1-8(12-15-11(16-20-12)9-2-3-9)17-4-5-18-10(7-17)6-14-13(18)19/h8-10H,2-7H2,1H3,(H,14,19)/t8-,10-/m1/s1. The Labute approximate surface area is 117 Å². The minimum Gasteiger partial charge on any atom is -0.338 e. The summed E-state index contributed by atoms with van der Waals surface area (Å²) in [7, 11) is 0. The van der Waals surface area contributed by atoms with E-state index in [1.54, 1.807) is 0 Å². The van der Waals surface area contributed by atoms with Crippen LogP contribution >= 0.6 is 0 Å². The van der Waals surface area contributed by atoms with E-state index in [-0.39, 0.29) is 18.1 Å². The molecule has 4 rings (SSSR count). The molecule has 1 aromatic heterocycles. The van der Waals surface area contributed by atoms with Crippen LogP contribution in [0.15, 0.2) is 4.52 Å². The summed E-state index contributed by atoms with van der Waals surface area (Å²) in [5, 5.41) is 6.98. The molecule has 2 amide bonds. The Bertz CT molecular complexity index is 527. The van der Waals surface area contributed by atoms with Gasteiger partial charge in [-0.1, -0.05) is 5.16 Å². The molecule has 0 bridgehead atoms. The fraction of sp³-hybridized carbons (Fsp3) is 0.769. The zero-order valence-corrected chi connectivity index (χ0v) is 11.6. The first kappa shape index (κ1) is 12.1. The molecule has 2 aliphatic heterocycles. The van der Waals surface area contributed by atoms with Crippen LogP contribution in [0.5, 0.6) is 0 Å². The van der Waals surface area contributed by atoms with E-state index in [1.165, 1.54) is 12.8 Å². The number of rotatable bonds is 3. The normalized spacial score (nSPS) is 28.4. The lowest BCUT2D eigenvalue weighted by Gasteiger charge is -2.38. The lowest BCUT2D eigenvalue weighted by Crippen LogP contribution is -2.52. The zero-order valence-electron chi connectivity index (χ0n) is 11.6. The highest BCUT2D eigenvalue weighted by Crippen LogP contribution is 2.38. The molecule has 1 aliphatic carbocycles.